The predicted molar refractivity (Wildman–Crippen MR) is 90.9 cm³/mol. The number of ether oxygens (including phenoxy) is 1. The number of hydrogen-bond acceptors (Lipinski definition) is 3. The van der Waals surface area contributed by atoms with E-state index in [2.05, 4.69) is 15.3 Å². The van der Waals surface area contributed by atoms with E-state index in [1.165, 1.54) is 0 Å². The summed E-state index contributed by atoms with van der Waals surface area (Å²) < 4.78 is 5.56. The molecule has 5 nitrogen and oxygen atoms in total. The second-order valence-corrected chi connectivity index (χ2v) is 5.43. The van der Waals surface area contributed by atoms with Gasteiger partial charge in [-0.3, -0.25) is 4.79 Å². The minimum Gasteiger partial charge on any atom is -0.494 e. The number of aromatic amines is 1. The summed E-state index contributed by atoms with van der Waals surface area (Å²) in [5, 5.41) is 3.19. The van der Waals surface area contributed by atoms with Gasteiger partial charge in [0.2, 0.25) is 11.2 Å². The average Bonchev–Trinajstić information content (AvgIpc) is 2.92. The minimum atomic E-state index is -0.0494. The van der Waals surface area contributed by atoms with Crippen LogP contribution in [-0.2, 0) is 4.79 Å². The predicted octanol–water partition coefficient (Wildman–Crippen LogP) is 4.01. The Morgan fingerprint density at radius 3 is 2.87 bits per heavy atom. The van der Waals surface area contributed by atoms with Gasteiger partial charge in [-0.25, -0.2) is 4.98 Å². The van der Waals surface area contributed by atoms with E-state index in [9.17, 15) is 4.79 Å². The second-order valence-electron chi connectivity index (χ2n) is 5.07. The molecule has 6 heteroatoms. The van der Waals surface area contributed by atoms with Crippen molar-refractivity contribution in [2.24, 2.45) is 0 Å². The first kappa shape index (κ1) is 15.4. The van der Waals surface area contributed by atoms with Gasteiger partial charge in [0.1, 0.15) is 5.75 Å². The molecule has 0 saturated heterocycles. The van der Waals surface area contributed by atoms with E-state index in [0.717, 1.165) is 16.8 Å². The molecule has 1 amide bonds. The van der Waals surface area contributed by atoms with Gasteiger partial charge in [-0.15, -0.1) is 0 Å². The Labute approximate surface area is 138 Å². The maximum atomic E-state index is 11.9. The van der Waals surface area contributed by atoms with Gasteiger partial charge in [0.05, 0.1) is 17.6 Å². The molecule has 0 saturated carbocycles. The topological polar surface area (TPSA) is 67.0 Å². The summed E-state index contributed by atoms with van der Waals surface area (Å²) in [5.41, 5.74) is 2.27. The summed E-state index contributed by atoms with van der Waals surface area (Å²) in [6.07, 6.45) is 1.05. The first-order chi connectivity index (χ1) is 11.2. The van der Waals surface area contributed by atoms with Gasteiger partial charge >= 0.3 is 0 Å². The van der Waals surface area contributed by atoms with E-state index in [4.69, 9.17) is 16.3 Å². The quantitative estimate of drug-likeness (QED) is 0.671. The summed E-state index contributed by atoms with van der Waals surface area (Å²) in [6.45, 7) is 0.507. The smallest absolute Gasteiger partial charge is 0.224 e. The number of anilines is 1. The van der Waals surface area contributed by atoms with Crippen LogP contribution in [0, 0.1) is 0 Å². The molecule has 3 rings (SSSR count). The highest BCUT2D eigenvalue weighted by molar-refractivity contribution is 6.29. The lowest BCUT2D eigenvalue weighted by molar-refractivity contribution is -0.116. The average molecular weight is 330 g/mol. The van der Waals surface area contributed by atoms with Crippen LogP contribution in [0.3, 0.4) is 0 Å². The number of carbonyl (C=O) groups excluding carboxylic acids is 1. The molecule has 0 unspecified atom stereocenters. The molecule has 0 bridgehead atoms. The van der Waals surface area contributed by atoms with E-state index in [-0.39, 0.29) is 5.91 Å². The van der Waals surface area contributed by atoms with E-state index in [1.54, 1.807) is 6.07 Å². The summed E-state index contributed by atoms with van der Waals surface area (Å²) in [4.78, 5) is 19.0. The number of rotatable bonds is 6. The number of benzene rings is 2. The van der Waals surface area contributed by atoms with Crippen LogP contribution < -0.4 is 10.1 Å². The zero-order valence-corrected chi connectivity index (χ0v) is 13.1. The van der Waals surface area contributed by atoms with Gasteiger partial charge in [-0.2, -0.15) is 0 Å². The molecule has 0 atom stereocenters. The molecule has 1 heterocycles. The van der Waals surface area contributed by atoms with Crippen molar-refractivity contribution in [2.75, 3.05) is 11.9 Å². The normalized spacial score (nSPS) is 10.7. The molecular weight excluding hydrogens is 314 g/mol. The van der Waals surface area contributed by atoms with Gasteiger partial charge in [0.25, 0.3) is 0 Å². The number of amides is 1. The molecule has 0 aliphatic heterocycles. The van der Waals surface area contributed by atoms with Crippen LogP contribution in [0.2, 0.25) is 5.28 Å². The number of imidazole rings is 1. The first-order valence-corrected chi connectivity index (χ1v) is 7.71. The largest absolute Gasteiger partial charge is 0.494 e. The lowest BCUT2D eigenvalue weighted by atomic mass is 10.2. The molecule has 118 valence electrons. The molecule has 0 radical (unpaired) electrons. The van der Waals surface area contributed by atoms with Crippen molar-refractivity contribution in [3.63, 3.8) is 0 Å². The van der Waals surface area contributed by atoms with Crippen molar-refractivity contribution >= 4 is 34.2 Å². The van der Waals surface area contributed by atoms with Crippen molar-refractivity contribution < 1.29 is 9.53 Å². The Balaban J connectivity index is 1.46. The molecule has 2 N–H and O–H groups in total. The maximum absolute atomic E-state index is 11.9. The van der Waals surface area contributed by atoms with Crippen LogP contribution in [0.1, 0.15) is 12.8 Å². The van der Waals surface area contributed by atoms with Crippen LogP contribution in [0.25, 0.3) is 11.0 Å². The molecule has 23 heavy (non-hydrogen) atoms. The highest BCUT2D eigenvalue weighted by Crippen LogP contribution is 2.19. The number of carbonyl (C=O) groups is 1. The third-order valence-corrected chi connectivity index (χ3v) is 3.48. The summed E-state index contributed by atoms with van der Waals surface area (Å²) in [6, 6.07) is 15.0. The molecule has 0 fully saturated rings. The van der Waals surface area contributed by atoms with E-state index in [0.29, 0.717) is 30.4 Å². The first-order valence-electron chi connectivity index (χ1n) is 7.34. The highest BCUT2D eigenvalue weighted by atomic mass is 35.5. The number of fused-ring (bicyclic) bond motifs is 1. The van der Waals surface area contributed by atoms with Crippen LogP contribution in [0.4, 0.5) is 5.69 Å². The number of nitrogens with one attached hydrogen (secondary N) is 2. The van der Waals surface area contributed by atoms with Crippen molar-refractivity contribution in [3.05, 3.63) is 53.8 Å². The van der Waals surface area contributed by atoms with Gasteiger partial charge in [0.15, 0.2) is 0 Å². The third kappa shape index (κ3) is 4.23. The summed E-state index contributed by atoms with van der Waals surface area (Å²) in [7, 11) is 0. The Morgan fingerprint density at radius 2 is 2.04 bits per heavy atom. The molecule has 0 aliphatic carbocycles. The lowest BCUT2D eigenvalue weighted by Gasteiger charge is -2.07. The van der Waals surface area contributed by atoms with Crippen molar-refractivity contribution in [1.29, 1.82) is 0 Å². The van der Waals surface area contributed by atoms with Crippen LogP contribution in [-0.4, -0.2) is 22.5 Å². The van der Waals surface area contributed by atoms with Gasteiger partial charge in [-0.05, 0) is 48.4 Å². The Hall–Kier alpha value is -2.53. The molecule has 3 aromatic rings. The standard InChI is InChI=1S/C17H16ClN3O2/c18-17-20-14-9-8-12(11-15(14)21-17)19-16(22)7-4-10-23-13-5-2-1-3-6-13/h1-3,5-6,8-9,11H,4,7,10H2,(H,19,22)(H,20,21). The van der Waals surface area contributed by atoms with E-state index in [1.807, 2.05) is 42.5 Å². The molecular formula is C17H16ClN3O2. The maximum Gasteiger partial charge on any atom is 0.224 e. The fraction of sp³-hybridized carbons (Fsp3) is 0.176. The van der Waals surface area contributed by atoms with Crippen LogP contribution in [0.5, 0.6) is 5.75 Å². The third-order valence-electron chi connectivity index (χ3n) is 3.30. The molecule has 1 aromatic heterocycles. The number of para-hydroxylation sites is 1. The van der Waals surface area contributed by atoms with Crippen LogP contribution >= 0.6 is 11.6 Å². The highest BCUT2D eigenvalue weighted by Gasteiger charge is 2.05. The number of H-pyrrole nitrogens is 1. The molecule has 0 spiro atoms. The Bertz CT molecular complexity index is 802. The summed E-state index contributed by atoms with van der Waals surface area (Å²) in [5.74, 6) is 0.765. The minimum absolute atomic E-state index is 0.0494. The number of halogens is 1. The monoisotopic (exact) mass is 329 g/mol. The summed E-state index contributed by atoms with van der Waals surface area (Å²) >= 11 is 5.81. The van der Waals surface area contributed by atoms with E-state index < -0.39 is 0 Å². The van der Waals surface area contributed by atoms with Crippen molar-refractivity contribution in [1.82, 2.24) is 9.97 Å². The van der Waals surface area contributed by atoms with Crippen LogP contribution in [0.15, 0.2) is 48.5 Å². The van der Waals surface area contributed by atoms with Crippen molar-refractivity contribution in [3.8, 4) is 5.75 Å². The number of hydrogen-bond donors (Lipinski definition) is 2. The van der Waals surface area contributed by atoms with Gasteiger partial charge in [0, 0.05) is 12.1 Å². The number of nitrogens with zero attached hydrogens (tertiary/aromatic N) is 1. The fourth-order valence-corrected chi connectivity index (χ4v) is 2.41. The SMILES string of the molecule is O=C(CCCOc1ccccc1)Nc1ccc2nc(Cl)[nH]c2c1. The number of aromatic nitrogens is 2. The van der Waals surface area contributed by atoms with Gasteiger partial charge in [-0.1, -0.05) is 18.2 Å². The van der Waals surface area contributed by atoms with Crippen molar-refractivity contribution in [2.45, 2.75) is 12.8 Å². The lowest BCUT2D eigenvalue weighted by Crippen LogP contribution is -2.12. The Morgan fingerprint density at radius 1 is 1.22 bits per heavy atom. The zero-order valence-electron chi connectivity index (χ0n) is 12.4. The van der Waals surface area contributed by atoms with Gasteiger partial charge < -0.3 is 15.0 Å². The zero-order chi connectivity index (χ0) is 16.1. The fourth-order valence-electron chi connectivity index (χ4n) is 2.22. The second kappa shape index (κ2) is 7.15. The van der Waals surface area contributed by atoms with E-state index >= 15 is 0 Å². The Kier molecular flexibility index (Phi) is 4.78. The molecule has 0 aliphatic rings. The molecule has 2 aromatic carbocycles.